The molecule has 0 fully saturated rings. The number of likely N-dealkylation sites (N-methyl/N-ethyl adjacent to an activating group) is 1. The summed E-state index contributed by atoms with van der Waals surface area (Å²) in [5.41, 5.74) is 5.60. The Labute approximate surface area is 200 Å². The molecule has 1 aromatic heterocycles. The van der Waals surface area contributed by atoms with Crippen LogP contribution in [0.15, 0.2) is 21.5 Å². The fourth-order valence-electron chi connectivity index (χ4n) is 5.51. The molecule has 1 aromatic carbocycles. The lowest BCUT2D eigenvalue weighted by Crippen LogP contribution is -2.24. The third-order valence-corrected chi connectivity index (χ3v) is 8.23. The van der Waals surface area contributed by atoms with Crippen LogP contribution >= 0.6 is 0 Å². The van der Waals surface area contributed by atoms with Crippen LogP contribution in [0.5, 0.6) is 5.88 Å². The molecule has 2 amide bonds. The van der Waals surface area contributed by atoms with Crippen LogP contribution in [0, 0.1) is 0 Å². The fraction of sp³-hybridized carbons (Fsp3) is 0.565. The van der Waals surface area contributed by atoms with Gasteiger partial charge in [-0.05, 0) is 68.5 Å². The van der Waals surface area contributed by atoms with Crippen molar-refractivity contribution >= 4 is 21.6 Å². The molecule has 11 heteroatoms. The molecule has 3 atom stereocenters. The third-order valence-electron chi connectivity index (χ3n) is 6.88. The number of nitrogens with two attached hydrogens (primary N) is 1. The van der Waals surface area contributed by atoms with Crippen LogP contribution < -0.4 is 15.2 Å². The van der Waals surface area contributed by atoms with Gasteiger partial charge in [0.05, 0.1) is 12.8 Å². The average molecular weight is 489 g/mol. The number of urea groups is 1. The molecule has 2 heterocycles. The minimum atomic E-state index is -3.55. The molecule has 0 radical (unpaired) electrons. The Morgan fingerprint density at radius 1 is 1.38 bits per heavy atom. The van der Waals surface area contributed by atoms with E-state index in [1.807, 2.05) is 19.0 Å². The monoisotopic (exact) mass is 488 g/mol. The van der Waals surface area contributed by atoms with E-state index in [0.29, 0.717) is 25.6 Å². The first kappa shape index (κ1) is 23.3. The first-order valence-corrected chi connectivity index (χ1v) is 13.2. The van der Waals surface area contributed by atoms with E-state index in [4.69, 9.17) is 14.6 Å². The highest BCUT2D eigenvalue weighted by Crippen LogP contribution is 2.44. The minimum absolute atomic E-state index is 0.0185. The number of ether oxygens (including phenoxy) is 2. The van der Waals surface area contributed by atoms with Gasteiger partial charge in [0.25, 0.3) is 0 Å². The molecule has 0 bridgehead atoms. The van der Waals surface area contributed by atoms with Crippen LogP contribution in [0.3, 0.4) is 0 Å². The van der Waals surface area contributed by atoms with Gasteiger partial charge < -0.3 is 19.7 Å². The number of rotatable bonds is 6. The number of hydrogen-bond acceptors (Lipinski definition) is 6. The maximum absolute atomic E-state index is 13.4. The Kier molecular flexibility index (Phi) is 6.13. The summed E-state index contributed by atoms with van der Waals surface area (Å²) in [4.78, 5) is 15.2. The summed E-state index contributed by atoms with van der Waals surface area (Å²) in [6.45, 7) is 1.71. The Hall–Kier alpha value is -2.47. The molecule has 1 aliphatic heterocycles. The fourth-order valence-corrected chi connectivity index (χ4v) is 6.50. The quantitative estimate of drug-likeness (QED) is 0.644. The molecule has 1 unspecified atom stereocenters. The van der Waals surface area contributed by atoms with E-state index in [1.165, 1.54) is 17.3 Å². The SMILES string of the molecule is COC[C@H]1CCc2cc3c(c(NC(=O)N=S(N)(=O)c4cnn5c4OC[C@@H]5CN(C)C)c21)CCC3. The van der Waals surface area contributed by atoms with Crippen LogP contribution in [0.25, 0.3) is 0 Å². The van der Waals surface area contributed by atoms with E-state index in [1.54, 1.807) is 11.8 Å². The van der Waals surface area contributed by atoms with E-state index in [2.05, 4.69) is 20.8 Å². The van der Waals surface area contributed by atoms with Crippen molar-refractivity contribution in [2.24, 2.45) is 9.50 Å². The van der Waals surface area contributed by atoms with Gasteiger partial charge >= 0.3 is 6.03 Å². The Bertz CT molecular complexity index is 1250. The zero-order valence-corrected chi connectivity index (χ0v) is 20.7. The summed E-state index contributed by atoms with van der Waals surface area (Å²) < 4.78 is 30.1. The topological polar surface area (TPSA) is 124 Å². The van der Waals surface area contributed by atoms with Crippen LogP contribution in [0.2, 0.25) is 0 Å². The molecule has 3 aliphatic rings. The van der Waals surface area contributed by atoms with Crippen molar-refractivity contribution < 1.29 is 18.5 Å². The van der Waals surface area contributed by atoms with Gasteiger partial charge in [-0.3, -0.25) is 0 Å². The second-order valence-corrected chi connectivity index (χ2v) is 11.3. The first-order chi connectivity index (χ1) is 16.3. The van der Waals surface area contributed by atoms with Gasteiger partial charge in [-0.1, -0.05) is 6.07 Å². The number of benzene rings is 1. The van der Waals surface area contributed by atoms with Crippen molar-refractivity contribution in [1.29, 1.82) is 0 Å². The van der Waals surface area contributed by atoms with Crippen molar-refractivity contribution in [1.82, 2.24) is 14.7 Å². The second kappa shape index (κ2) is 8.95. The number of anilines is 1. The molecule has 34 heavy (non-hydrogen) atoms. The molecular formula is C23H32N6O4S. The number of hydrogen-bond donors (Lipinski definition) is 2. The molecule has 5 rings (SSSR count). The summed E-state index contributed by atoms with van der Waals surface area (Å²) in [5, 5.41) is 13.4. The molecule has 2 aromatic rings. The van der Waals surface area contributed by atoms with Crippen LogP contribution in [-0.4, -0.2) is 65.9 Å². The van der Waals surface area contributed by atoms with Crippen LogP contribution in [0.1, 0.15) is 47.1 Å². The van der Waals surface area contributed by atoms with Gasteiger partial charge in [-0.25, -0.2) is 18.8 Å². The number of nitrogens with zero attached hydrogens (tertiary/aromatic N) is 4. The number of aromatic nitrogens is 2. The highest BCUT2D eigenvalue weighted by atomic mass is 32.2. The van der Waals surface area contributed by atoms with Crippen molar-refractivity contribution in [3.05, 3.63) is 34.5 Å². The number of fused-ring (bicyclic) bond motifs is 3. The van der Waals surface area contributed by atoms with Crippen LogP contribution in [-0.2, 0) is 33.9 Å². The minimum Gasteiger partial charge on any atom is -0.475 e. The molecule has 3 N–H and O–H groups in total. The molecule has 0 saturated heterocycles. The van der Waals surface area contributed by atoms with Gasteiger partial charge in [-0.2, -0.15) is 5.10 Å². The largest absolute Gasteiger partial charge is 0.475 e. The third kappa shape index (κ3) is 4.10. The predicted octanol–water partition coefficient (Wildman–Crippen LogP) is 2.48. The van der Waals surface area contributed by atoms with Gasteiger partial charge in [0.15, 0.2) is 9.92 Å². The number of amides is 2. The van der Waals surface area contributed by atoms with E-state index < -0.39 is 15.9 Å². The maximum atomic E-state index is 13.4. The maximum Gasteiger partial charge on any atom is 0.354 e. The normalized spacial score (nSPS) is 22.1. The summed E-state index contributed by atoms with van der Waals surface area (Å²) in [6.07, 6.45) is 6.27. The molecule has 0 saturated carbocycles. The highest BCUT2D eigenvalue weighted by molar-refractivity contribution is 7.91. The van der Waals surface area contributed by atoms with Gasteiger partial charge in [-0.15, -0.1) is 4.36 Å². The first-order valence-electron chi connectivity index (χ1n) is 11.7. The predicted molar refractivity (Wildman–Crippen MR) is 129 cm³/mol. The van der Waals surface area contributed by atoms with Gasteiger partial charge in [0.1, 0.15) is 17.5 Å². The molecule has 0 spiro atoms. The van der Waals surface area contributed by atoms with Crippen molar-refractivity contribution in [3.8, 4) is 5.88 Å². The summed E-state index contributed by atoms with van der Waals surface area (Å²) >= 11 is 0. The smallest absolute Gasteiger partial charge is 0.354 e. The number of carbonyl (C=O) groups is 1. The Morgan fingerprint density at radius 3 is 2.97 bits per heavy atom. The lowest BCUT2D eigenvalue weighted by Gasteiger charge is -2.19. The zero-order chi connectivity index (χ0) is 24.0. The molecule has 10 nitrogen and oxygen atoms in total. The number of aryl methyl sites for hydroxylation is 2. The molecular weight excluding hydrogens is 456 g/mol. The average Bonchev–Trinajstić information content (AvgIpc) is 3.52. The molecule has 2 aliphatic carbocycles. The van der Waals surface area contributed by atoms with Gasteiger partial charge in [0.2, 0.25) is 5.88 Å². The summed E-state index contributed by atoms with van der Waals surface area (Å²) in [6, 6.07) is 1.54. The molecule has 184 valence electrons. The number of methoxy groups -OCH3 is 1. The van der Waals surface area contributed by atoms with E-state index in [-0.39, 0.29) is 16.9 Å². The van der Waals surface area contributed by atoms with Crippen molar-refractivity contribution in [3.63, 3.8) is 0 Å². The standard InChI is InChI=1S/C23H32N6O4S/c1-28(2)11-17-13-33-22-19(10-25-29(17)22)34(24,31)27-23(30)26-21-18-6-4-5-14(18)9-15-7-8-16(12-32-3)20(15)21/h9-10,16-17H,4-8,11-13H2,1-3H3,(H3,24,26,27,30,31)/t16-,17+,34?/m1/s1. The number of carbonyl (C=O) groups excluding carboxylic acids is 1. The van der Waals surface area contributed by atoms with Crippen LogP contribution in [0.4, 0.5) is 10.5 Å². The highest BCUT2D eigenvalue weighted by Gasteiger charge is 2.33. The Balaban J connectivity index is 1.46. The lowest BCUT2D eigenvalue weighted by molar-refractivity contribution is 0.179. The second-order valence-electron chi connectivity index (χ2n) is 9.58. The van der Waals surface area contributed by atoms with Crippen molar-refractivity contribution in [2.45, 2.75) is 49.0 Å². The van der Waals surface area contributed by atoms with E-state index >= 15 is 0 Å². The summed E-state index contributed by atoms with van der Waals surface area (Å²) in [5.74, 6) is 0.530. The van der Waals surface area contributed by atoms with E-state index in [0.717, 1.165) is 48.9 Å². The van der Waals surface area contributed by atoms with E-state index in [9.17, 15) is 9.00 Å². The Morgan fingerprint density at radius 2 is 2.21 bits per heavy atom. The lowest BCUT2D eigenvalue weighted by atomic mass is 9.94. The van der Waals surface area contributed by atoms with Gasteiger partial charge in [0, 0.05) is 25.3 Å². The summed E-state index contributed by atoms with van der Waals surface area (Å²) in [7, 11) is 2.06. The number of nitrogens with one attached hydrogen (secondary N) is 1. The van der Waals surface area contributed by atoms with Crippen molar-refractivity contribution in [2.75, 3.05) is 46.3 Å². The zero-order valence-electron chi connectivity index (χ0n) is 19.9.